The van der Waals surface area contributed by atoms with Gasteiger partial charge in [0.15, 0.2) is 5.13 Å². The Morgan fingerprint density at radius 1 is 1.26 bits per heavy atom. The molecule has 0 radical (unpaired) electrons. The summed E-state index contributed by atoms with van der Waals surface area (Å²) in [5.41, 5.74) is 1.08. The molecule has 0 aliphatic heterocycles. The van der Waals surface area contributed by atoms with E-state index >= 15 is 0 Å². The van der Waals surface area contributed by atoms with E-state index in [9.17, 15) is 0 Å². The summed E-state index contributed by atoms with van der Waals surface area (Å²) in [6.45, 7) is 4.49. The SMILES string of the molecule is CCCCC(CCC)Nc1nc2cc(Br)ccc2s1. The van der Waals surface area contributed by atoms with Gasteiger partial charge in [-0.05, 0) is 31.0 Å². The van der Waals surface area contributed by atoms with Gasteiger partial charge < -0.3 is 5.32 Å². The second kappa shape index (κ2) is 7.25. The molecule has 4 heteroatoms. The highest BCUT2D eigenvalue weighted by atomic mass is 79.9. The molecule has 0 fully saturated rings. The van der Waals surface area contributed by atoms with Crippen LogP contribution in [0.2, 0.25) is 0 Å². The topological polar surface area (TPSA) is 24.9 Å². The number of halogens is 1. The van der Waals surface area contributed by atoms with Crippen LogP contribution in [0.15, 0.2) is 22.7 Å². The van der Waals surface area contributed by atoms with Crippen molar-refractivity contribution in [3.8, 4) is 0 Å². The normalized spacial score (nSPS) is 12.8. The van der Waals surface area contributed by atoms with Gasteiger partial charge in [-0.3, -0.25) is 0 Å². The summed E-state index contributed by atoms with van der Waals surface area (Å²) in [6.07, 6.45) is 6.23. The van der Waals surface area contributed by atoms with Gasteiger partial charge in [0.25, 0.3) is 0 Å². The van der Waals surface area contributed by atoms with Crippen LogP contribution in [0.4, 0.5) is 5.13 Å². The molecule has 0 spiro atoms. The molecule has 1 aromatic carbocycles. The molecule has 0 saturated heterocycles. The lowest BCUT2D eigenvalue weighted by Crippen LogP contribution is -2.18. The van der Waals surface area contributed by atoms with Gasteiger partial charge in [-0.15, -0.1) is 0 Å². The van der Waals surface area contributed by atoms with E-state index in [1.54, 1.807) is 11.3 Å². The van der Waals surface area contributed by atoms with Crippen molar-refractivity contribution in [2.45, 2.75) is 52.0 Å². The van der Waals surface area contributed by atoms with E-state index in [1.807, 2.05) is 0 Å². The summed E-state index contributed by atoms with van der Waals surface area (Å²) in [7, 11) is 0. The summed E-state index contributed by atoms with van der Waals surface area (Å²) in [5, 5.41) is 4.67. The number of aromatic nitrogens is 1. The van der Waals surface area contributed by atoms with Gasteiger partial charge in [-0.1, -0.05) is 60.4 Å². The maximum atomic E-state index is 4.68. The number of benzene rings is 1. The van der Waals surface area contributed by atoms with Crippen molar-refractivity contribution in [1.29, 1.82) is 0 Å². The number of fused-ring (bicyclic) bond motifs is 1. The molecular formula is C15H21BrN2S. The van der Waals surface area contributed by atoms with Crippen molar-refractivity contribution in [2.75, 3.05) is 5.32 Å². The third kappa shape index (κ3) is 4.18. The number of hydrogen-bond donors (Lipinski definition) is 1. The average molecular weight is 341 g/mol. The Balaban J connectivity index is 2.09. The first-order valence-electron chi connectivity index (χ1n) is 7.05. The van der Waals surface area contributed by atoms with E-state index in [2.05, 4.69) is 58.3 Å². The van der Waals surface area contributed by atoms with Gasteiger partial charge in [-0.2, -0.15) is 0 Å². The van der Waals surface area contributed by atoms with Crippen LogP contribution in [0.3, 0.4) is 0 Å². The molecule has 0 aliphatic rings. The van der Waals surface area contributed by atoms with Crippen LogP contribution < -0.4 is 5.32 Å². The molecular weight excluding hydrogens is 320 g/mol. The predicted octanol–water partition coefficient (Wildman–Crippen LogP) is 5.83. The van der Waals surface area contributed by atoms with Gasteiger partial charge >= 0.3 is 0 Å². The maximum Gasteiger partial charge on any atom is 0.184 e. The second-order valence-corrected chi connectivity index (χ2v) is 6.85. The fourth-order valence-corrected chi connectivity index (χ4v) is 3.50. The van der Waals surface area contributed by atoms with Crippen LogP contribution in [0.5, 0.6) is 0 Å². The monoisotopic (exact) mass is 340 g/mol. The number of unbranched alkanes of at least 4 members (excludes halogenated alkanes) is 1. The number of thiazole rings is 1. The lowest BCUT2D eigenvalue weighted by atomic mass is 10.1. The Labute approximate surface area is 127 Å². The molecule has 1 N–H and O–H groups in total. The molecule has 0 bridgehead atoms. The molecule has 104 valence electrons. The zero-order chi connectivity index (χ0) is 13.7. The van der Waals surface area contributed by atoms with Gasteiger partial charge in [0.1, 0.15) is 0 Å². The van der Waals surface area contributed by atoms with Crippen molar-refractivity contribution < 1.29 is 0 Å². The van der Waals surface area contributed by atoms with Crippen LogP contribution in [-0.2, 0) is 0 Å². The van der Waals surface area contributed by atoms with Crippen LogP contribution in [0.1, 0.15) is 46.0 Å². The zero-order valence-electron chi connectivity index (χ0n) is 11.6. The molecule has 0 amide bonds. The molecule has 1 unspecified atom stereocenters. The standard InChI is InChI=1S/C15H21BrN2S/c1-3-5-7-12(6-4-2)17-15-18-13-10-11(16)8-9-14(13)19-15/h8-10,12H,3-7H2,1-2H3,(H,17,18). The van der Waals surface area contributed by atoms with Gasteiger partial charge in [0.05, 0.1) is 10.2 Å². The van der Waals surface area contributed by atoms with E-state index in [1.165, 1.54) is 36.8 Å². The van der Waals surface area contributed by atoms with Gasteiger partial charge in [0, 0.05) is 10.5 Å². The lowest BCUT2D eigenvalue weighted by molar-refractivity contribution is 0.564. The van der Waals surface area contributed by atoms with E-state index in [-0.39, 0.29) is 0 Å². The number of nitrogens with zero attached hydrogens (tertiary/aromatic N) is 1. The Bertz CT molecular complexity index is 524. The smallest absolute Gasteiger partial charge is 0.184 e. The molecule has 19 heavy (non-hydrogen) atoms. The first-order valence-corrected chi connectivity index (χ1v) is 8.66. The quantitative estimate of drug-likeness (QED) is 0.685. The Morgan fingerprint density at radius 2 is 2.11 bits per heavy atom. The van der Waals surface area contributed by atoms with Crippen LogP contribution in [-0.4, -0.2) is 11.0 Å². The van der Waals surface area contributed by atoms with Gasteiger partial charge in [-0.25, -0.2) is 4.98 Å². The van der Waals surface area contributed by atoms with Gasteiger partial charge in [0.2, 0.25) is 0 Å². The van der Waals surface area contributed by atoms with Crippen molar-refractivity contribution in [2.24, 2.45) is 0 Å². The minimum Gasteiger partial charge on any atom is -0.359 e. The first-order chi connectivity index (χ1) is 9.22. The fraction of sp³-hybridized carbons (Fsp3) is 0.533. The maximum absolute atomic E-state index is 4.68. The molecule has 2 rings (SSSR count). The van der Waals surface area contributed by atoms with Crippen LogP contribution in [0.25, 0.3) is 10.2 Å². The molecule has 0 saturated carbocycles. The van der Waals surface area contributed by atoms with Crippen molar-refractivity contribution in [3.63, 3.8) is 0 Å². The van der Waals surface area contributed by atoms with Crippen molar-refractivity contribution in [3.05, 3.63) is 22.7 Å². The summed E-state index contributed by atoms with van der Waals surface area (Å²) < 4.78 is 2.34. The number of hydrogen-bond acceptors (Lipinski definition) is 3. The molecule has 2 nitrogen and oxygen atoms in total. The predicted molar refractivity (Wildman–Crippen MR) is 89.2 cm³/mol. The molecule has 1 heterocycles. The first kappa shape index (κ1) is 14.8. The highest BCUT2D eigenvalue weighted by Crippen LogP contribution is 2.29. The van der Waals surface area contributed by atoms with E-state index in [0.29, 0.717) is 6.04 Å². The van der Waals surface area contributed by atoms with E-state index in [0.717, 1.165) is 15.1 Å². The zero-order valence-corrected chi connectivity index (χ0v) is 14.0. The highest BCUT2D eigenvalue weighted by Gasteiger charge is 2.10. The van der Waals surface area contributed by atoms with E-state index in [4.69, 9.17) is 0 Å². The minimum absolute atomic E-state index is 0.564. The Morgan fingerprint density at radius 3 is 2.84 bits per heavy atom. The van der Waals surface area contributed by atoms with Crippen molar-refractivity contribution in [1.82, 2.24) is 4.98 Å². The third-order valence-electron chi connectivity index (χ3n) is 3.22. The number of rotatable bonds is 7. The third-order valence-corrected chi connectivity index (χ3v) is 4.68. The Kier molecular flexibility index (Phi) is 5.64. The molecule has 0 aliphatic carbocycles. The molecule has 2 aromatic rings. The second-order valence-electron chi connectivity index (χ2n) is 4.90. The summed E-state index contributed by atoms with van der Waals surface area (Å²) in [5.74, 6) is 0. The van der Waals surface area contributed by atoms with Crippen LogP contribution in [0, 0.1) is 0 Å². The fourth-order valence-electron chi connectivity index (χ4n) is 2.22. The largest absolute Gasteiger partial charge is 0.359 e. The number of anilines is 1. The summed E-state index contributed by atoms with van der Waals surface area (Å²) in [6, 6.07) is 6.85. The molecule has 1 aromatic heterocycles. The number of nitrogens with one attached hydrogen (secondary N) is 1. The van der Waals surface area contributed by atoms with Crippen molar-refractivity contribution >= 4 is 42.6 Å². The lowest BCUT2D eigenvalue weighted by Gasteiger charge is -2.16. The molecule has 1 atom stereocenters. The van der Waals surface area contributed by atoms with Crippen LogP contribution >= 0.6 is 27.3 Å². The highest BCUT2D eigenvalue weighted by molar-refractivity contribution is 9.10. The van der Waals surface area contributed by atoms with E-state index < -0.39 is 0 Å². The summed E-state index contributed by atoms with van der Waals surface area (Å²) >= 11 is 5.25. The average Bonchev–Trinajstić information content (AvgIpc) is 2.77. The summed E-state index contributed by atoms with van der Waals surface area (Å²) in [4.78, 5) is 4.68. The Hall–Kier alpha value is -0.610. The minimum atomic E-state index is 0.564.